The van der Waals surface area contributed by atoms with E-state index < -0.39 is 29.0 Å². The lowest BCUT2D eigenvalue weighted by Crippen LogP contribution is -2.42. The second-order valence-electron chi connectivity index (χ2n) is 8.11. The predicted octanol–water partition coefficient (Wildman–Crippen LogP) is 3.87. The van der Waals surface area contributed by atoms with Gasteiger partial charge >= 0.3 is 12.2 Å². The molecule has 1 aliphatic rings. The van der Waals surface area contributed by atoms with E-state index in [1.54, 1.807) is 19.4 Å². The van der Waals surface area contributed by atoms with Crippen LogP contribution in [0.3, 0.4) is 0 Å². The van der Waals surface area contributed by atoms with E-state index in [2.05, 4.69) is 20.3 Å². The van der Waals surface area contributed by atoms with Crippen molar-refractivity contribution in [1.82, 2.24) is 24.4 Å². The number of nitrogens with one attached hydrogen (secondary N) is 2. The molecule has 0 radical (unpaired) electrons. The minimum atomic E-state index is -4.62. The number of amides is 2. The summed E-state index contributed by atoms with van der Waals surface area (Å²) in [6.45, 7) is 0. The number of aryl methyl sites for hydroxylation is 1. The van der Waals surface area contributed by atoms with Gasteiger partial charge in [-0.25, -0.2) is 14.8 Å². The quantitative estimate of drug-likeness (QED) is 0.636. The number of rotatable bonds is 3. The van der Waals surface area contributed by atoms with Gasteiger partial charge in [-0.05, 0) is 37.8 Å². The largest absolute Gasteiger partial charge is 0.417 e. The number of alkyl halides is 3. The summed E-state index contributed by atoms with van der Waals surface area (Å²) in [5.74, 6) is 0.227. The number of anilines is 1. The Bertz CT molecular complexity index is 1190. The standard InChI is InChI=1S/C21H23F3N6O2/c1-29-11-13(21(22,23)24)9-16(19(29)31)28-20(32)30(2)14-5-3-12(4-6-14)17-10-26-18-15(27-17)7-8-25-18/h7-12,14H,3-6H2,1-2H3,(H,25,26)(H,28,32)/t12-,14+. The molecular formula is C21H23F3N6O2. The van der Waals surface area contributed by atoms with Crippen molar-refractivity contribution in [3.8, 4) is 0 Å². The fourth-order valence-electron chi connectivity index (χ4n) is 4.13. The lowest BCUT2D eigenvalue weighted by molar-refractivity contribution is -0.138. The van der Waals surface area contributed by atoms with E-state index in [1.807, 2.05) is 6.07 Å². The average molecular weight is 448 g/mol. The Hall–Kier alpha value is -3.37. The highest BCUT2D eigenvalue weighted by Crippen LogP contribution is 2.34. The highest BCUT2D eigenvalue weighted by atomic mass is 19.4. The predicted molar refractivity (Wildman–Crippen MR) is 112 cm³/mol. The van der Waals surface area contributed by atoms with E-state index in [0.717, 1.165) is 34.3 Å². The molecule has 0 spiro atoms. The van der Waals surface area contributed by atoms with Gasteiger partial charge in [0.25, 0.3) is 5.56 Å². The van der Waals surface area contributed by atoms with Crippen molar-refractivity contribution in [3.63, 3.8) is 0 Å². The number of pyridine rings is 1. The van der Waals surface area contributed by atoms with Crippen LogP contribution in [0.1, 0.15) is 42.9 Å². The number of carbonyl (C=O) groups excluding carboxylic acids is 1. The minimum absolute atomic E-state index is 0.0927. The van der Waals surface area contributed by atoms with Gasteiger partial charge in [-0.1, -0.05) is 0 Å². The Morgan fingerprint density at radius 2 is 2.00 bits per heavy atom. The van der Waals surface area contributed by atoms with Crippen molar-refractivity contribution in [2.45, 2.75) is 43.8 Å². The van der Waals surface area contributed by atoms with Gasteiger partial charge in [0, 0.05) is 38.4 Å². The number of fused-ring (bicyclic) bond motifs is 1. The Balaban J connectivity index is 1.41. The number of halogens is 3. The molecule has 0 aromatic carbocycles. The number of nitrogens with zero attached hydrogens (tertiary/aromatic N) is 4. The molecule has 3 aromatic heterocycles. The van der Waals surface area contributed by atoms with Crippen LogP contribution >= 0.6 is 0 Å². The van der Waals surface area contributed by atoms with Gasteiger partial charge < -0.3 is 19.8 Å². The SMILES string of the molecule is Cn1cc(C(F)(F)F)cc(NC(=O)N(C)[C@H]2CC[C@@H](c3cnc4[nH]ccc4n3)CC2)c1=O. The monoisotopic (exact) mass is 448 g/mol. The maximum atomic E-state index is 13.1. The summed E-state index contributed by atoms with van der Waals surface area (Å²) < 4.78 is 40.0. The number of carbonyl (C=O) groups is 1. The van der Waals surface area contributed by atoms with Crippen molar-refractivity contribution in [3.05, 3.63) is 52.3 Å². The molecular weight excluding hydrogens is 425 g/mol. The van der Waals surface area contributed by atoms with Crippen LogP contribution in [0.4, 0.5) is 23.7 Å². The normalized spacial score (nSPS) is 19.2. The molecule has 1 saturated carbocycles. The van der Waals surface area contributed by atoms with E-state index in [1.165, 1.54) is 11.9 Å². The summed E-state index contributed by atoms with van der Waals surface area (Å²) in [6, 6.07) is 1.83. The summed E-state index contributed by atoms with van der Waals surface area (Å²) in [5.41, 5.74) is 0.349. The Morgan fingerprint density at radius 1 is 1.28 bits per heavy atom. The number of hydrogen-bond acceptors (Lipinski definition) is 4. The summed E-state index contributed by atoms with van der Waals surface area (Å²) in [4.78, 5) is 38.4. The zero-order valence-corrected chi connectivity index (χ0v) is 17.6. The smallest absolute Gasteiger partial charge is 0.345 e. The zero-order valence-electron chi connectivity index (χ0n) is 17.6. The molecule has 2 N–H and O–H groups in total. The maximum absolute atomic E-state index is 13.1. The minimum Gasteiger partial charge on any atom is -0.345 e. The third kappa shape index (κ3) is 4.32. The Kier molecular flexibility index (Phi) is 5.66. The van der Waals surface area contributed by atoms with Crippen LogP contribution in [0.5, 0.6) is 0 Å². The van der Waals surface area contributed by atoms with Gasteiger partial charge in [-0.3, -0.25) is 4.79 Å². The number of urea groups is 1. The van der Waals surface area contributed by atoms with E-state index in [9.17, 15) is 22.8 Å². The first kappa shape index (κ1) is 21.8. The summed E-state index contributed by atoms with van der Waals surface area (Å²) in [6.07, 6.45) is 2.67. The second-order valence-corrected chi connectivity index (χ2v) is 8.11. The van der Waals surface area contributed by atoms with Crippen LogP contribution < -0.4 is 10.9 Å². The molecule has 0 unspecified atom stereocenters. The highest BCUT2D eigenvalue weighted by molar-refractivity contribution is 5.89. The third-order valence-electron chi connectivity index (χ3n) is 6.01. The molecule has 0 saturated heterocycles. The molecule has 1 aliphatic carbocycles. The van der Waals surface area contributed by atoms with Crippen molar-refractivity contribution in [2.24, 2.45) is 7.05 Å². The number of aromatic nitrogens is 4. The van der Waals surface area contributed by atoms with Crippen molar-refractivity contribution in [1.29, 1.82) is 0 Å². The molecule has 170 valence electrons. The zero-order chi connectivity index (χ0) is 23.0. The first-order chi connectivity index (χ1) is 15.1. The van der Waals surface area contributed by atoms with Gasteiger partial charge in [0.05, 0.1) is 17.5 Å². The lowest BCUT2D eigenvalue weighted by Gasteiger charge is -2.34. The van der Waals surface area contributed by atoms with Crippen LogP contribution in [0.2, 0.25) is 0 Å². The molecule has 0 aliphatic heterocycles. The molecule has 32 heavy (non-hydrogen) atoms. The molecule has 8 nitrogen and oxygen atoms in total. The topological polar surface area (TPSA) is 95.9 Å². The summed E-state index contributed by atoms with van der Waals surface area (Å²) in [7, 11) is 2.80. The maximum Gasteiger partial charge on any atom is 0.417 e. The molecule has 0 bridgehead atoms. The van der Waals surface area contributed by atoms with Gasteiger partial charge in [-0.2, -0.15) is 13.2 Å². The van der Waals surface area contributed by atoms with E-state index >= 15 is 0 Å². The molecule has 3 heterocycles. The summed E-state index contributed by atoms with van der Waals surface area (Å²) >= 11 is 0. The van der Waals surface area contributed by atoms with E-state index in [4.69, 9.17) is 0 Å². The summed E-state index contributed by atoms with van der Waals surface area (Å²) in [5, 5.41) is 2.35. The molecule has 11 heteroatoms. The van der Waals surface area contributed by atoms with Gasteiger partial charge in [0.15, 0.2) is 5.65 Å². The van der Waals surface area contributed by atoms with Crippen LogP contribution in [0, 0.1) is 0 Å². The Morgan fingerprint density at radius 3 is 2.69 bits per heavy atom. The van der Waals surface area contributed by atoms with Gasteiger partial charge in [0.1, 0.15) is 11.2 Å². The Labute approximate surface area is 181 Å². The van der Waals surface area contributed by atoms with E-state index in [0.29, 0.717) is 25.1 Å². The lowest BCUT2D eigenvalue weighted by atomic mass is 9.83. The van der Waals surface area contributed by atoms with Crippen LogP contribution in [-0.4, -0.2) is 43.5 Å². The first-order valence-electron chi connectivity index (χ1n) is 10.2. The van der Waals surface area contributed by atoms with Crippen molar-refractivity contribution < 1.29 is 18.0 Å². The molecule has 1 fully saturated rings. The van der Waals surface area contributed by atoms with Gasteiger partial charge in [0.2, 0.25) is 0 Å². The molecule has 3 aromatic rings. The van der Waals surface area contributed by atoms with Crippen LogP contribution in [-0.2, 0) is 13.2 Å². The molecule has 0 atom stereocenters. The number of H-pyrrole nitrogens is 1. The van der Waals surface area contributed by atoms with Crippen molar-refractivity contribution >= 4 is 22.9 Å². The van der Waals surface area contributed by atoms with Crippen LogP contribution in [0.15, 0.2) is 35.5 Å². The fraction of sp³-hybridized carbons (Fsp3) is 0.429. The molecule has 4 rings (SSSR count). The van der Waals surface area contributed by atoms with E-state index in [-0.39, 0.29) is 12.0 Å². The average Bonchev–Trinajstić information content (AvgIpc) is 3.23. The fourth-order valence-corrected chi connectivity index (χ4v) is 4.13. The number of hydrogen-bond donors (Lipinski definition) is 2. The highest BCUT2D eigenvalue weighted by Gasteiger charge is 2.33. The first-order valence-corrected chi connectivity index (χ1v) is 10.2. The second kappa shape index (κ2) is 8.29. The van der Waals surface area contributed by atoms with Crippen LogP contribution in [0.25, 0.3) is 11.2 Å². The van der Waals surface area contributed by atoms with Gasteiger partial charge in [-0.15, -0.1) is 0 Å². The number of aromatic amines is 1. The molecule has 2 amide bonds. The third-order valence-corrected chi connectivity index (χ3v) is 6.01. The van der Waals surface area contributed by atoms with Crippen molar-refractivity contribution in [2.75, 3.05) is 12.4 Å².